The van der Waals surface area contributed by atoms with Crippen LogP contribution in [0.3, 0.4) is 0 Å². The van der Waals surface area contributed by atoms with Gasteiger partial charge in [0.05, 0.1) is 5.56 Å². The van der Waals surface area contributed by atoms with Gasteiger partial charge in [0.2, 0.25) is 0 Å². The van der Waals surface area contributed by atoms with Gasteiger partial charge in [-0.05, 0) is 31.9 Å². The zero-order valence-corrected chi connectivity index (χ0v) is 16.4. The molecule has 2 aromatic rings. The lowest BCUT2D eigenvalue weighted by atomic mass is 10.2. The number of carbonyl (C=O) groups is 1. The number of nitrogens with one attached hydrogen (secondary N) is 1. The number of aromatic nitrogens is 1. The molecule has 1 unspecified atom stereocenters. The van der Waals surface area contributed by atoms with Crippen molar-refractivity contribution in [1.82, 2.24) is 19.7 Å². The van der Waals surface area contributed by atoms with Crippen LogP contribution in [0.5, 0.6) is 0 Å². The molecule has 4 rings (SSSR count). The number of benzene rings is 1. The normalized spacial score (nSPS) is 21.0. The second-order valence-electron chi connectivity index (χ2n) is 7.84. The van der Waals surface area contributed by atoms with Crippen LogP contribution in [0.25, 0.3) is 0 Å². The molecule has 5 heteroatoms. The maximum atomic E-state index is 13.2. The number of piperazine rings is 1. The van der Waals surface area contributed by atoms with E-state index in [1.54, 1.807) is 0 Å². The van der Waals surface area contributed by atoms with Crippen molar-refractivity contribution < 1.29 is 4.79 Å². The number of amides is 1. The Bertz CT molecular complexity index is 792. The molecule has 144 valence electrons. The van der Waals surface area contributed by atoms with Gasteiger partial charge in [-0.1, -0.05) is 30.3 Å². The zero-order valence-electron chi connectivity index (χ0n) is 16.4. The summed E-state index contributed by atoms with van der Waals surface area (Å²) >= 11 is 0. The molecule has 2 fully saturated rings. The van der Waals surface area contributed by atoms with E-state index in [-0.39, 0.29) is 5.91 Å². The Labute approximate surface area is 162 Å². The second-order valence-corrected chi connectivity index (χ2v) is 7.84. The fourth-order valence-corrected chi connectivity index (χ4v) is 4.47. The first kappa shape index (κ1) is 18.3. The largest absolute Gasteiger partial charge is 0.344 e. The minimum atomic E-state index is 0.194. The zero-order chi connectivity index (χ0) is 18.8. The summed E-state index contributed by atoms with van der Waals surface area (Å²) < 4.78 is 2.26. The molecule has 1 aromatic heterocycles. The third kappa shape index (κ3) is 3.80. The lowest BCUT2D eigenvalue weighted by molar-refractivity contribution is 0.0772. The van der Waals surface area contributed by atoms with Gasteiger partial charge in [-0.2, -0.15) is 0 Å². The number of nitrogens with zero attached hydrogens (tertiary/aromatic N) is 3. The summed E-state index contributed by atoms with van der Waals surface area (Å²) in [5.74, 6) is 0.194. The standard InChI is InChI=1S/C22H30N4O/c1-17-14-21(18(2)26(17)15-19-6-4-3-5-7-19)22(27)25-11-8-20(16-25)24-12-9-23-10-13-24/h3-7,14,20,23H,8-13,15-16H2,1-2H3. The van der Waals surface area contributed by atoms with Crippen LogP contribution in [-0.2, 0) is 6.54 Å². The maximum Gasteiger partial charge on any atom is 0.255 e. The molecule has 0 aliphatic carbocycles. The van der Waals surface area contributed by atoms with Crippen molar-refractivity contribution in [2.75, 3.05) is 39.3 Å². The second kappa shape index (κ2) is 7.87. The maximum absolute atomic E-state index is 13.2. The lowest BCUT2D eigenvalue weighted by Gasteiger charge is -2.32. The van der Waals surface area contributed by atoms with Gasteiger partial charge < -0.3 is 14.8 Å². The van der Waals surface area contributed by atoms with Crippen molar-refractivity contribution >= 4 is 5.91 Å². The van der Waals surface area contributed by atoms with Crippen molar-refractivity contribution in [3.8, 4) is 0 Å². The highest BCUT2D eigenvalue weighted by Gasteiger charge is 2.32. The summed E-state index contributed by atoms with van der Waals surface area (Å²) in [4.78, 5) is 17.8. The predicted molar refractivity (Wildman–Crippen MR) is 108 cm³/mol. The molecule has 2 saturated heterocycles. The van der Waals surface area contributed by atoms with Crippen LogP contribution in [0.4, 0.5) is 0 Å². The Morgan fingerprint density at radius 1 is 1.11 bits per heavy atom. The van der Waals surface area contributed by atoms with E-state index < -0.39 is 0 Å². The minimum Gasteiger partial charge on any atom is -0.344 e. The fourth-order valence-electron chi connectivity index (χ4n) is 4.47. The SMILES string of the molecule is Cc1cc(C(=O)N2CCC(N3CCNCC3)C2)c(C)n1Cc1ccccc1. The first-order chi connectivity index (χ1) is 13.1. The molecular weight excluding hydrogens is 336 g/mol. The molecule has 0 saturated carbocycles. The van der Waals surface area contributed by atoms with Crippen LogP contribution in [0, 0.1) is 13.8 Å². The quantitative estimate of drug-likeness (QED) is 0.902. The van der Waals surface area contributed by atoms with Gasteiger partial charge >= 0.3 is 0 Å². The Morgan fingerprint density at radius 3 is 2.59 bits per heavy atom. The molecule has 3 heterocycles. The molecule has 2 aliphatic rings. The van der Waals surface area contributed by atoms with E-state index in [0.29, 0.717) is 6.04 Å². The average Bonchev–Trinajstić information content (AvgIpc) is 3.30. The molecule has 27 heavy (non-hydrogen) atoms. The molecule has 1 aromatic carbocycles. The summed E-state index contributed by atoms with van der Waals surface area (Å²) in [7, 11) is 0. The third-order valence-corrected chi connectivity index (χ3v) is 6.11. The first-order valence-corrected chi connectivity index (χ1v) is 10.1. The molecule has 0 radical (unpaired) electrons. The van der Waals surface area contributed by atoms with E-state index in [0.717, 1.165) is 69.2 Å². The minimum absolute atomic E-state index is 0.194. The summed E-state index contributed by atoms with van der Waals surface area (Å²) in [6.45, 7) is 11.0. The van der Waals surface area contributed by atoms with Crippen molar-refractivity contribution in [2.24, 2.45) is 0 Å². The van der Waals surface area contributed by atoms with E-state index >= 15 is 0 Å². The predicted octanol–water partition coefficient (Wildman–Crippen LogP) is 2.27. The van der Waals surface area contributed by atoms with Gasteiger partial charge in [-0.25, -0.2) is 0 Å². The summed E-state index contributed by atoms with van der Waals surface area (Å²) in [5.41, 5.74) is 4.35. The fraction of sp³-hybridized carbons (Fsp3) is 0.500. The summed E-state index contributed by atoms with van der Waals surface area (Å²) in [6.07, 6.45) is 1.09. The Balaban J connectivity index is 1.47. The molecule has 0 spiro atoms. The number of hydrogen-bond acceptors (Lipinski definition) is 3. The Morgan fingerprint density at radius 2 is 1.85 bits per heavy atom. The van der Waals surface area contributed by atoms with Crippen molar-refractivity contribution in [3.05, 3.63) is 58.9 Å². The number of hydrogen-bond donors (Lipinski definition) is 1. The van der Waals surface area contributed by atoms with Crippen molar-refractivity contribution in [3.63, 3.8) is 0 Å². The Kier molecular flexibility index (Phi) is 5.32. The van der Waals surface area contributed by atoms with Gasteiger partial charge in [-0.3, -0.25) is 9.69 Å². The molecule has 2 aliphatic heterocycles. The van der Waals surface area contributed by atoms with Crippen LogP contribution >= 0.6 is 0 Å². The molecule has 5 nitrogen and oxygen atoms in total. The molecule has 1 atom stereocenters. The Hall–Kier alpha value is -2.11. The topological polar surface area (TPSA) is 40.5 Å². The van der Waals surface area contributed by atoms with Gasteiger partial charge in [0, 0.05) is 63.2 Å². The molecule has 0 bridgehead atoms. The molecule has 1 amide bonds. The van der Waals surface area contributed by atoms with Crippen LogP contribution in [-0.4, -0.2) is 65.6 Å². The smallest absolute Gasteiger partial charge is 0.255 e. The lowest BCUT2D eigenvalue weighted by Crippen LogP contribution is -2.49. The van der Waals surface area contributed by atoms with Gasteiger partial charge in [0.1, 0.15) is 0 Å². The van der Waals surface area contributed by atoms with E-state index in [2.05, 4.69) is 63.9 Å². The first-order valence-electron chi connectivity index (χ1n) is 10.1. The average molecular weight is 367 g/mol. The summed E-state index contributed by atoms with van der Waals surface area (Å²) in [5, 5.41) is 3.41. The number of rotatable bonds is 4. The third-order valence-electron chi connectivity index (χ3n) is 6.11. The van der Waals surface area contributed by atoms with Crippen LogP contribution < -0.4 is 5.32 Å². The number of likely N-dealkylation sites (tertiary alicyclic amines) is 1. The van der Waals surface area contributed by atoms with Gasteiger partial charge in [0.15, 0.2) is 0 Å². The van der Waals surface area contributed by atoms with Crippen molar-refractivity contribution in [2.45, 2.75) is 32.9 Å². The van der Waals surface area contributed by atoms with Gasteiger partial charge in [0.25, 0.3) is 5.91 Å². The molecule has 1 N–H and O–H groups in total. The van der Waals surface area contributed by atoms with E-state index in [4.69, 9.17) is 0 Å². The van der Waals surface area contributed by atoms with Crippen LogP contribution in [0.15, 0.2) is 36.4 Å². The van der Waals surface area contributed by atoms with Crippen LogP contribution in [0.2, 0.25) is 0 Å². The number of carbonyl (C=O) groups excluding carboxylic acids is 1. The highest BCUT2D eigenvalue weighted by atomic mass is 16.2. The molecular formula is C22H30N4O. The van der Waals surface area contributed by atoms with E-state index in [9.17, 15) is 4.79 Å². The highest BCUT2D eigenvalue weighted by molar-refractivity contribution is 5.96. The van der Waals surface area contributed by atoms with Gasteiger partial charge in [-0.15, -0.1) is 0 Å². The van der Waals surface area contributed by atoms with E-state index in [1.807, 2.05) is 6.07 Å². The number of aryl methyl sites for hydroxylation is 1. The highest BCUT2D eigenvalue weighted by Crippen LogP contribution is 2.23. The monoisotopic (exact) mass is 366 g/mol. The van der Waals surface area contributed by atoms with Crippen molar-refractivity contribution in [1.29, 1.82) is 0 Å². The van der Waals surface area contributed by atoms with Crippen LogP contribution in [0.1, 0.15) is 33.7 Å². The summed E-state index contributed by atoms with van der Waals surface area (Å²) in [6, 6.07) is 13.0. The van der Waals surface area contributed by atoms with E-state index in [1.165, 1.54) is 5.56 Å².